The normalized spacial score (nSPS) is 26.2. The molecule has 0 saturated carbocycles. The molecule has 0 aromatic carbocycles. The Morgan fingerprint density at radius 3 is 2.92 bits per heavy atom. The maximum Gasteiger partial charge on any atom is 0.329 e. The van der Waals surface area contributed by atoms with E-state index in [0.29, 0.717) is 0 Å². The van der Waals surface area contributed by atoms with Gasteiger partial charge in [-0.05, 0) is 5.53 Å². The average Bonchev–Trinajstić information content (AvgIpc) is 2.09. The van der Waals surface area contributed by atoms with E-state index < -0.39 is 24.0 Å². The smallest absolute Gasteiger partial charge is 0.329 e. The van der Waals surface area contributed by atoms with Crippen molar-refractivity contribution in [2.45, 2.75) is 12.1 Å². The van der Waals surface area contributed by atoms with Gasteiger partial charge in [0.25, 0.3) is 0 Å². The lowest BCUT2D eigenvalue weighted by atomic mass is 10.0. The maximum atomic E-state index is 10.8. The number of rotatable bonds is 2. The largest absolute Gasteiger partial charge is 0.467 e. The third-order valence-corrected chi connectivity index (χ3v) is 1.51. The van der Waals surface area contributed by atoms with Gasteiger partial charge in [0.15, 0.2) is 0 Å². The van der Waals surface area contributed by atoms with E-state index in [1.54, 1.807) is 0 Å². The number of hydrogen-bond donors (Lipinski definition) is 1. The van der Waals surface area contributed by atoms with Crippen molar-refractivity contribution in [2.24, 2.45) is 5.11 Å². The second-order valence-corrected chi connectivity index (χ2v) is 2.16. The molecule has 0 radical (unpaired) electrons. The summed E-state index contributed by atoms with van der Waals surface area (Å²) in [4.78, 5) is 23.9. The van der Waals surface area contributed by atoms with Gasteiger partial charge in [0, 0.05) is 4.91 Å². The summed E-state index contributed by atoms with van der Waals surface area (Å²) < 4.78 is 4.34. The molecule has 0 unspecified atom stereocenters. The predicted molar refractivity (Wildman–Crippen MR) is 36.9 cm³/mol. The van der Waals surface area contributed by atoms with Crippen LogP contribution in [0.3, 0.4) is 0 Å². The fourth-order valence-electron chi connectivity index (χ4n) is 0.862. The number of hydrogen-bond acceptors (Lipinski definition) is 4. The summed E-state index contributed by atoms with van der Waals surface area (Å²) in [6, 6.07) is -1.78. The zero-order valence-electron chi connectivity index (χ0n) is 6.22. The molecular formula is C5H6N4O3. The van der Waals surface area contributed by atoms with Crippen LogP contribution in [0.15, 0.2) is 5.11 Å². The standard InChI is InChI=1S/C5H6N4O3/c1-12-5(11)3-2(8-9-6)4(10)7-3/h2-3H,1H3,(H,7,10)/t2-,3-/m1/s1. The van der Waals surface area contributed by atoms with Crippen molar-refractivity contribution in [3.05, 3.63) is 10.4 Å². The fourth-order valence-corrected chi connectivity index (χ4v) is 0.862. The van der Waals surface area contributed by atoms with Crippen LogP contribution in [0.2, 0.25) is 0 Å². The number of nitrogens with zero attached hydrogens (tertiary/aromatic N) is 3. The second-order valence-electron chi connectivity index (χ2n) is 2.16. The van der Waals surface area contributed by atoms with E-state index in [9.17, 15) is 9.59 Å². The van der Waals surface area contributed by atoms with E-state index in [1.807, 2.05) is 0 Å². The van der Waals surface area contributed by atoms with Gasteiger partial charge in [0.2, 0.25) is 5.91 Å². The Bertz CT molecular complexity index is 268. The molecule has 7 nitrogen and oxygen atoms in total. The Kier molecular flexibility index (Phi) is 2.16. The molecule has 7 heteroatoms. The molecule has 0 aliphatic carbocycles. The molecule has 0 spiro atoms. The lowest BCUT2D eigenvalue weighted by Crippen LogP contribution is -2.65. The van der Waals surface area contributed by atoms with Crippen LogP contribution >= 0.6 is 0 Å². The number of esters is 1. The highest BCUT2D eigenvalue weighted by atomic mass is 16.5. The number of ether oxygens (including phenoxy) is 1. The van der Waals surface area contributed by atoms with Crippen molar-refractivity contribution < 1.29 is 14.3 Å². The van der Waals surface area contributed by atoms with Crippen LogP contribution < -0.4 is 5.32 Å². The first-order chi connectivity index (χ1) is 5.70. The van der Waals surface area contributed by atoms with E-state index >= 15 is 0 Å². The lowest BCUT2D eigenvalue weighted by Gasteiger charge is -2.30. The second kappa shape index (κ2) is 3.10. The summed E-state index contributed by atoms with van der Waals surface area (Å²) in [6.45, 7) is 0. The Morgan fingerprint density at radius 1 is 1.83 bits per heavy atom. The van der Waals surface area contributed by atoms with E-state index in [0.717, 1.165) is 0 Å². The Balaban J connectivity index is 2.65. The summed E-state index contributed by atoms with van der Waals surface area (Å²) in [5.74, 6) is -1.06. The highest BCUT2D eigenvalue weighted by molar-refractivity contribution is 5.99. The molecule has 0 aromatic rings. The van der Waals surface area contributed by atoms with Crippen LogP contribution in [-0.2, 0) is 14.3 Å². The van der Waals surface area contributed by atoms with E-state index in [2.05, 4.69) is 20.1 Å². The number of carbonyl (C=O) groups excluding carboxylic acids is 2. The summed E-state index contributed by atoms with van der Waals surface area (Å²) in [7, 11) is 1.19. The molecule has 1 fully saturated rings. The third kappa shape index (κ3) is 1.17. The average molecular weight is 170 g/mol. The van der Waals surface area contributed by atoms with Crippen LogP contribution in [0.25, 0.3) is 10.4 Å². The van der Waals surface area contributed by atoms with E-state index in [4.69, 9.17) is 5.53 Å². The monoisotopic (exact) mass is 170 g/mol. The van der Waals surface area contributed by atoms with Gasteiger partial charge < -0.3 is 10.1 Å². The van der Waals surface area contributed by atoms with Gasteiger partial charge in [-0.1, -0.05) is 5.11 Å². The summed E-state index contributed by atoms with van der Waals surface area (Å²) in [5, 5.41) is 5.38. The molecule has 2 atom stereocenters. The number of β-lactam (4-membered cyclic amide) rings is 1. The van der Waals surface area contributed by atoms with Gasteiger partial charge in [0.05, 0.1) is 7.11 Å². The van der Waals surface area contributed by atoms with E-state index in [-0.39, 0.29) is 0 Å². The van der Waals surface area contributed by atoms with Crippen LogP contribution in [0.5, 0.6) is 0 Å². The first kappa shape index (κ1) is 8.35. The maximum absolute atomic E-state index is 10.8. The third-order valence-electron chi connectivity index (χ3n) is 1.51. The number of amides is 1. The number of nitrogens with one attached hydrogen (secondary N) is 1. The van der Waals surface area contributed by atoms with Gasteiger partial charge in [0.1, 0.15) is 12.1 Å². The Labute approximate surface area is 67.3 Å². The molecule has 1 N–H and O–H groups in total. The molecule has 0 bridgehead atoms. The van der Waals surface area contributed by atoms with Crippen LogP contribution in [0, 0.1) is 0 Å². The molecular weight excluding hydrogens is 164 g/mol. The van der Waals surface area contributed by atoms with E-state index in [1.165, 1.54) is 7.11 Å². The van der Waals surface area contributed by atoms with Gasteiger partial charge in [-0.25, -0.2) is 4.79 Å². The predicted octanol–water partition coefficient (Wildman–Crippen LogP) is -0.663. The van der Waals surface area contributed by atoms with Gasteiger partial charge in [-0.15, -0.1) is 0 Å². The van der Waals surface area contributed by atoms with Gasteiger partial charge in [-0.3, -0.25) is 4.79 Å². The minimum atomic E-state index is -0.956. The molecule has 1 amide bonds. The molecule has 12 heavy (non-hydrogen) atoms. The number of azide groups is 1. The highest BCUT2D eigenvalue weighted by Gasteiger charge is 2.44. The van der Waals surface area contributed by atoms with Gasteiger partial charge in [-0.2, -0.15) is 0 Å². The Hall–Kier alpha value is -1.75. The molecule has 1 rings (SSSR count). The zero-order chi connectivity index (χ0) is 9.14. The number of methoxy groups -OCH3 is 1. The molecule has 64 valence electrons. The molecule has 1 aliphatic heterocycles. The molecule has 0 aromatic heterocycles. The molecule has 1 aliphatic rings. The minimum absolute atomic E-state index is 0.455. The van der Waals surface area contributed by atoms with Crippen molar-refractivity contribution in [1.29, 1.82) is 0 Å². The van der Waals surface area contributed by atoms with Crippen molar-refractivity contribution in [1.82, 2.24) is 5.32 Å². The quantitative estimate of drug-likeness (QED) is 0.195. The SMILES string of the molecule is COC(=O)[C@@H]1NC(=O)[C@@H]1N=[N+]=[N-]. The topological polar surface area (TPSA) is 104 Å². The molecule has 1 heterocycles. The van der Waals surface area contributed by atoms with Crippen LogP contribution in [0.1, 0.15) is 0 Å². The lowest BCUT2D eigenvalue weighted by molar-refractivity contribution is -0.152. The first-order valence-corrected chi connectivity index (χ1v) is 3.13. The summed E-state index contributed by atoms with van der Waals surface area (Å²) in [5.41, 5.74) is 8.02. The molecule has 1 saturated heterocycles. The van der Waals surface area contributed by atoms with Gasteiger partial charge >= 0.3 is 5.97 Å². The summed E-state index contributed by atoms with van der Waals surface area (Å²) >= 11 is 0. The van der Waals surface area contributed by atoms with Crippen LogP contribution in [-0.4, -0.2) is 31.1 Å². The minimum Gasteiger partial charge on any atom is -0.467 e. The van der Waals surface area contributed by atoms with Crippen molar-refractivity contribution in [3.63, 3.8) is 0 Å². The van der Waals surface area contributed by atoms with Crippen LogP contribution in [0.4, 0.5) is 0 Å². The fraction of sp³-hybridized carbons (Fsp3) is 0.600. The van der Waals surface area contributed by atoms with Crippen molar-refractivity contribution >= 4 is 11.9 Å². The van der Waals surface area contributed by atoms with Crippen molar-refractivity contribution in [3.8, 4) is 0 Å². The van der Waals surface area contributed by atoms with Crippen molar-refractivity contribution in [2.75, 3.05) is 7.11 Å². The summed E-state index contributed by atoms with van der Waals surface area (Å²) in [6.07, 6.45) is 0. The highest BCUT2D eigenvalue weighted by Crippen LogP contribution is 2.11. The number of carbonyl (C=O) groups is 2. The first-order valence-electron chi connectivity index (χ1n) is 3.13. The zero-order valence-corrected chi connectivity index (χ0v) is 6.22. The Morgan fingerprint density at radius 2 is 2.50 bits per heavy atom.